The van der Waals surface area contributed by atoms with E-state index >= 15 is 0 Å². The number of benzene rings is 2. The fourth-order valence-electron chi connectivity index (χ4n) is 2.02. The van der Waals surface area contributed by atoms with Crippen molar-refractivity contribution < 1.29 is 0 Å². The first-order valence-electron chi connectivity index (χ1n) is 6.07. The van der Waals surface area contributed by atoms with Gasteiger partial charge in [0.1, 0.15) is 0 Å². The molecule has 0 saturated carbocycles. The predicted molar refractivity (Wildman–Crippen MR) is 93.8 cm³/mol. The number of halogens is 4. The zero-order chi connectivity index (χ0) is 14.7. The van der Waals surface area contributed by atoms with Crippen LogP contribution in [0.25, 0.3) is 0 Å². The van der Waals surface area contributed by atoms with Crippen LogP contribution in [0, 0.1) is 0 Å². The van der Waals surface area contributed by atoms with Crippen LogP contribution in [0.2, 0.25) is 10.0 Å². The average molecular weight is 438 g/mol. The molecule has 0 aliphatic heterocycles. The third-order valence-corrected chi connectivity index (χ3v) is 5.21. The molecule has 0 amide bonds. The van der Waals surface area contributed by atoms with Crippen LogP contribution >= 0.6 is 55.1 Å². The minimum absolute atomic E-state index is 0.166. The summed E-state index contributed by atoms with van der Waals surface area (Å²) in [6.07, 6.45) is 0.806. The third-order valence-electron chi connectivity index (χ3n) is 3.13. The van der Waals surface area contributed by atoms with Crippen LogP contribution in [0.1, 0.15) is 17.2 Å². The van der Waals surface area contributed by atoms with Gasteiger partial charge in [-0.2, -0.15) is 0 Å². The first-order chi connectivity index (χ1) is 9.51. The molecular weight excluding hydrogens is 425 g/mol. The summed E-state index contributed by atoms with van der Waals surface area (Å²) >= 11 is 19.3. The molecule has 0 bridgehead atoms. The molecule has 1 atom stereocenters. The molecule has 20 heavy (non-hydrogen) atoms. The topological polar surface area (TPSA) is 12.0 Å². The van der Waals surface area contributed by atoms with Gasteiger partial charge in [-0.15, -0.1) is 0 Å². The molecule has 0 heterocycles. The number of nitrogens with one attached hydrogen (secondary N) is 1. The van der Waals surface area contributed by atoms with Crippen LogP contribution in [0.3, 0.4) is 0 Å². The molecule has 0 spiro atoms. The number of rotatable bonds is 4. The predicted octanol–water partition coefficient (Wildman–Crippen LogP) is 6.02. The van der Waals surface area contributed by atoms with E-state index in [2.05, 4.69) is 43.2 Å². The number of hydrogen-bond acceptors (Lipinski definition) is 1. The third kappa shape index (κ3) is 3.99. The molecule has 1 N–H and O–H groups in total. The molecule has 106 valence electrons. The lowest BCUT2D eigenvalue weighted by Gasteiger charge is -2.18. The molecule has 2 aromatic carbocycles. The lowest BCUT2D eigenvalue weighted by molar-refractivity contribution is 0.592. The fraction of sp³-hybridized carbons (Fsp3) is 0.200. The highest BCUT2D eigenvalue weighted by Crippen LogP contribution is 2.29. The van der Waals surface area contributed by atoms with Crippen molar-refractivity contribution in [2.24, 2.45) is 0 Å². The molecule has 5 heteroatoms. The van der Waals surface area contributed by atoms with Gasteiger partial charge >= 0.3 is 0 Å². The van der Waals surface area contributed by atoms with Crippen LogP contribution in [-0.2, 0) is 6.42 Å². The summed E-state index contributed by atoms with van der Waals surface area (Å²) in [6.45, 7) is 0. The van der Waals surface area contributed by atoms with Gasteiger partial charge < -0.3 is 5.32 Å². The van der Waals surface area contributed by atoms with Gasteiger partial charge in [-0.25, -0.2) is 0 Å². The maximum Gasteiger partial charge on any atom is 0.0551 e. The van der Waals surface area contributed by atoms with Crippen LogP contribution in [0.4, 0.5) is 0 Å². The largest absolute Gasteiger partial charge is 0.313 e. The van der Waals surface area contributed by atoms with Gasteiger partial charge in [0.25, 0.3) is 0 Å². The van der Waals surface area contributed by atoms with Crippen molar-refractivity contribution in [1.29, 1.82) is 0 Å². The smallest absolute Gasteiger partial charge is 0.0551 e. The minimum Gasteiger partial charge on any atom is -0.313 e. The van der Waals surface area contributed by atoms with Gasteiger partial charge in [0.2, 0.25) is 0 Å². The van der Waals surface area contributed by atoms with E-state index in [-0.39, 0.29) is 6.04 Å². The summed E-state index contributed by atoms with van der Waals surface area (Å²) in [4.78, 5) is 0. The zero-order valence-electron chi connectivity index (χ0n) is 10.8. The maximum atomic E-state index is 6.28. The summed E-state index contributed by atoms with van der Waals surface area (Å²) in [6, 6.07) is 12.1. The Kier molecular flexibility index (Phi) is 5.94. The second-order valence-corrected chi connectivity index (χ2v) is 7.04. The molecule has 2 aromatic rings. The molecule has 0 aliphatic rings. The van der Waals surface area contributed by atoms with Crippen LogP contribution in [-0.4, -0.2) is 7.05 Å². The Morgan fingerprint density at radius 2 is 1.80 bits per heavy atom. The van der Waals surface area contributed by atoms with Gasteiger partial charge in [-0.05, 0) is 64.8 Å². The monoisotopic (exact) mass is 435 g/mol. The van der Waals surface area contributed by atoms with Crippen molar-refractivity contribution in [3.63, 3.8) is 0 Å². The van der Waals surface area contributed by atoms with E-state index < -0.39 is 0 Å². The van der Waals surface area contributed by atoms with Gasteiger partial charge in [-0.1, -0.05) is 51.3 Å². The van der Waals surface area contributed by atoms with Crippen molar-refractivity contribution in [3.05, 3.63) is 66.5 Å². The normalized spacial score (nSPS) is 12.4. The SMILES string of the molecule is CNC(Cc1ccc(Br)cc1Cl)c1ccc(Br)c(Cl)c1. The summed E-state index contributed by atoms with van der Waals surface area (Å²) in [5.74, 6) is 0. The minimum atomic E-state index is 0.166. The highest BCUT2D eigenvalue weighted by Gasteiger charge is 2.13. The molecule has 0 aromatic heterocycles. The molecule has 1 nitrogen and oxygen atoms in total. The molecule has 0 fully saturated rings. The molecule has 0 radical (unpaired) electrons. The Hall–Kier alpha value is -0.0600. The highest BCUT2D eigenvalue weighted by atomic mass is 79.9. The summed E-state index contributed by atoms with van der Waals surface area (Å²) in [5.41, 5.74) is 2.24. The number of hydrogen-bond donors (Lipinski definition) is 1. The van der Waals surface area contributed by atoms with Crippen molar-refractivity contribution in [3.8, 4) is 0 Å². The van der Waals surface area contributed by atoms with Crippen molar-refractivity contribution in [1.82, 2.24) is 5.32 Å². The summed E-state index contributed by atoms with van der Waals surface area (Å²) in [7, 11) is 1.94. The Labute approximate surface area is 145 Å². The Balaban J connectivity index is 2.26. The van der Waals surface area contributed by atoms with E-state index in [1.807, 2.05) is 37.4 Å². The van der Waals surface area contributed by atoms with E-state index in [0.29, 0.717) is 5.02 Å². The lowest BCUT2D eigenvalue weighted by atomic mass is 9.99. The van der Waals surface area contributed by atoms with E-state index in [1.54, 1.807) is 0 Å². The first-order valence-corrected chi connectivity index (χ1v) is 8.41. The average Bonchev–Trinajstić information content (AvgIpc) is 2.41. The van der Waals surface area contributed by atoms with E-state index in [0.717, 1.165) is 31.5 Å². The quantitative estimate of drug-likeness (QED) is 0.616. The second-order valence-electron chi connectivity index (χ2n) is 4.45. The van der Waals surface area contributed by atoms with Crippen molar-refractivity contribution >= 4 is 55.1 Å². The Morgan fingerprint density at radius 1 is 1.05 bits per heavy atom. The Bertz CT molecular complexity index is 617. The van der Waals surface area contributed by atoms with Crippen molar-refractivity contribution in [2.75, 3.05) is 7.05 Å². The number of likely N-dealkylation sites (N-methyl/N-ethyl adjacent to an activating group) is 1. The van der Waals surface area contributed by atoms with Crippen molar-refractivity contribution in [2.45, 2.75) is 12.5 Å². The summed E-state index contributed by atoms with van der Waals surface area (Å²) < 4.78 is 1.89. The molecule has 1 unspecified atom stereocenters. The van der Waals surface area contributed by atoms with E-state index in [9.17, 15) is 0 Å². The Morgan fingerprint density at radius 3 is 2.40 bits per heavy atom. The molecule has 0 saturated heterocycles. The van der Waals surface area contributed by atoms with Gasteiger partial charge in [0, 0.05) is 20.0 Å². The molecule has 2 rings (SSSR count). The maximum absolute atomic E-state index is 6.28. The zero-order valence-corrected chi connectivity index (χ0v) is 15.4. The van der Waals surface area contributed by atoms with Gasteiger partial charge in [0.15, 0.2) is 0 Å². The lowest BCUT2D eigenvalue weighted by Crippen LogP contribution is -2.19. The van der Waals surface area contributed by atoms with Crippen LogP contribution in [0.15, 0.2) is 45.3 Å². The van der Waals surface area contributed by atoms with Gasteiger partial charge in [0.05, 0.1) is 5.02 Å². The summed E-state index contributed by atoms with van der Waals surface area (Å²) in [5, 5.41) is 4.79. The molecular formula is C15H13Br2Cl2N. The molecule has 0 aliphatic carbocycles. The fourth-order valence-corrected chi connectivity index (χ4v) is 3.21. The van der Waals surface area contributed by atoms with Gasteiger partial charge in [-0.3, -0.25) is 0 Å². The highest BCUT2D eigenvalue weighted by molar-refractivity contribution is 9.10. The standard InChI is InChI=1S/C15H13Br2Cl2N/c1-20-15(10-3-5-12(17)14(19)6-10)7-9-2-4-11(16)8-13(9)18/h2-6,8,15,20H,7H2,1H3. The van der Waals surface area contributed by atoms with E-state index in [1.165, 1.54) is 0 Å². The van der Waals surface area contributed by atoms with E-state index in [4.69, 9.17) is 23.2 Å². The van der Waals surface area contributed by atoms with Crippen LogP contribution < -0.4 is 5.32 Å². The van der Waals surface area contributed by atoms with Crippen LogP contribution in [0.5, 0.6) is 0 Å². The second kappa shape index (κ2) is 7.28. The first kappa shape index (κ1) is 16.3.